The summed E-state index contributed by atoms with van der Waals surface area (Å²) < 4.78 is 0. The standard InChI is InChI=1S/C3H3N2O/c6-5-3-1-2-4-5/h1-3H. The van der Waals surface area contributed by atoms with Crippen LogP contribution in [0.25, 0.3) is 0 Å². The summed E-state index contributed by atoms with van der Waals surface area (Å²) in [7, 11) is 0. The second-order valence-electron chi connectivity index (χ2n) is 0.909. The molecule has 0 spiro atoms. The first-order valence-electron chi connectivity index (χ1n) is 1.57. The Bertz CT molecular complexity index is 112. The molecule has 6 heavy (non-hydrogen) atoms. The maximum atomic E-state index is 9.88. The Morgan fingerprint density at radius 2 is 2.50 bits per heavy atom. The zero-order valence-electron chi connectivity index (χ0n) is 3.03. The fourth-order valence-corrected chi connectivity index (χ4v) is 0.255. The van der Waals surface area contributed by atoms with Crippen LogP contribution in [0.4, 0.5) is 0 Å². The van der Waals surface area contributed by atoms with E-state index >= 15 is 0 Å². The Hall–Kier alpha value is -0.990. The van der Waals surface area contributed by atoms with Gasteiger partial charge in [0.15, 0.2) is 0 Å². The molecule has 0 saturated heterocycles. The van der Waals surface area contributed by atoms with Crippen LogP contribution in [0.3, 0.4) is 0 Å². The first-order valence-corrected chi connectivity index (χ1v) is 1.57. The van der Waals surface area contributed by atoms with Gasteiger partial charge in [0.25, 0.3) is 0 Å². The summed E-state index contributed by atoms with van der Waals surface area (Å²) in [5.41, 5.74) is 0. The normalized spacial score (nSPS) is 8.67. The third-order valence-corrected chi connectivity index (χ3v) is 0.480. The number of rotatable bonds is 0. The number of hydrogen-bond acceptors (Lipinski definition) is 1. The van der Waals surface area contributed by atoms with Crippen LogP contribution < -0.4 is 0 Å². The molecule has 0 N–H and O–H groups in total. The van der Waals surface area contributed by atoms with Gasteiger partial charge in [-0.05, 0) is 6.07 Å². The predicted octanol–water partition coefficient (Wildman–Crippen LogP) is 0.0767. The number of nitrogens with zero attached hydrogens (tertiary/aromatic N) is 2. The topological polar surface area (TPSA) is 37.7 Å². The Morgan fingerprint density at radius 3 is 2.67 bits per heavy atom. The second kappa shape index (κ2) is 1.01. The molecule has 0 aliphatic carbocycles. The minimum atomic E-state index is 0.500. The van der Waals surface area contributed by atoms with Gasteiger partial charge < -0.3 is 0 Å². The number of aromatic nitrogens is 2. The average Bonchev–Trinajstić information content (AvgIpc) is 1.86. The minimum absolute atomic E-state index is 0.500. The van der Waals surface area contributed by atoms with E-state index in [4.69, 9.17) is 0 Å². The van der Waals surface area contributed by atoms with Crippen molar-refractivity contribution >= 4 is 0 Å². The minimum Gasteiger partial charge on any atom is -0.147 e. The van der Waals surface area contributed by atoms with Crippen LogP contribution >= 0.6 is 0 Å². The van der Waals surface area contributed by atoms with E-state index in [1.54, 1.807) is 6.07 Å². The molecule has 1 aromatic heterocycles. The van der Waals surface area contributed by atoms with E-state index in [1.807, 2.05) is 0 Å². The Kier molecular flexibility index (Phi) is 0.538. The maximum Gasteiger partial charge on any atom is 0.0716 e. The molecule has 31 valence electrons. The van der Waals surface area contributed by atoms with Gasteiger partial charge >= 0.3 is 0 Å². The Morgan fingerprint density at radius 1 is 1.67 bits per heavy atom. The molecule has 1 aromatic rings. The van der Waals surface area contributed by atoms with E-state index in [9.17, 15) is 5.21 Å². The van der Waals surface area contributed by atoms with Crippen molar-refractivity contribution in [2.24, 2.45) is 0 Å². The van der Waals surface area contributed by atoms with E-state index < -0.39 is 0 Å². The van der Waals surface area contributed by atoms with Crippen molar-refractivity contribution in [1.82, 2.24) is 9.94 Å². The highest BCUT2D eigenvalue weighted by Crippen LogP contribution is 1.73. The van der Waals surface area contributed by atoms with Crippen LogP contribution in [0, 0.1) is 0 Å². The molecule has 0 bridgehead atoms. The van der Waals surface area contributed by atoms with E-state index in [1.165, 1.54) is 12.4 Å². The van der Waals surface area contributed by atoms with Gasteiger partial charge in [-0.1, -0.05) is 4.85 Å². The molecule has 1 rings (SSSR count). The summed E-state index contributed by atoms with van der Waals surface area (Å²) in [6, 6.07) is 1.58. The molecule has 0 saturated carbocycles. The Balaban J connectivity index is 3.05. The van der Waals surface area contributed by atoms with Crippen LogP contribution in [-0.2, 0) is 5.21 Å². The van der Waals surface area contributed by atoms with Gasteiger partial charge in [0.05, 0.1) is 12.4 Å². The predicted molar refractivity (Wildman–Crippen MR) is 18.3 cm³/mol. The van der Waals surface area contributed by atoms with Crippen LogP contribution in [0.2, 0.25) is 0 Å². The summed E-state index contributed by atoms with van der Waals surface area (Å²) >= 11 is 0. The van der Waals surface area contributed by atoms with Gasteiger partial charge in [0.1, 0.15) is 0 Å². The Labute approximate surface area is 34.8 Å². The summed E-state index contributed by atoms with van der Waals surface area (Å²) in [4.78, 5) is 0.500. The van der Waals surface area contributed by atoms with Crippen LogP contribution in [0.1, 0.15) is 0 Å². The zero-order valence-corrected chi connectivity index (χ0v) is 3.03. The quantitative estimate of drug-likeness (QED) is 0.437. The van der Waals surface area contributed by atoms with Gasteiger partial charge in [-0.25, -0.2) is 0 Å². The third-order valence-electron chi connectivity index (χ3n) is 0.480. The molecule has 0 aliphatic rings. The number of hydrogen-bond donors (Lipinski definition) is 0. The highest BCUT2D eigenvalue weighted by Gasteiger charge is 1.75. The van der Waals surface area contributed by atoms with Gasteiger partial charge in [-0.3, -0.25) is 0 Å². The average molecular weight is 83.1 g/mol. The summed E-state index contributed by atoms with van der Waals surface area (Å²) in [6.45, 7) is 0. The molecule has 3 heteroatoms. The van der Waals surface area contributed by atoms with Gasteiger partial charge in [-0.2, -0.15) is 0 Å². The van der Waals surface area contributed by atoms with Crippen molar-refractivity contribution in [3.63, 3.8) is 0 Å². The van der Waals surface area contributed by atoms with E-state index in [0.29, 0.717) is 4.85 Å². The van der Waals surface area contributed by atoms with E-state index in [-0.39, 0.29) is 0 Å². The molecular weight excluding hydrogens is 80.0 g/mol. The van der Waals surface area contributed by atoms with Gasteiger partial charge in [0.2, 0.25) is 0 Å². The SMILES string of the molecule is [O]n1cccn1. The monoisotopic (exact) mass is 83.0 g/mol. The lowest BCUT2D eigenvalue weighted by molar-refractivity contribution is 0.0591. The summed E-state index contributed by atoms with van der Waals surface area (Å²) in [5.74, 6) is 0. The van der Waals surface area contributed by atoms with Crippen molar-refractivity contribution in [2.45, 2.75) is 0 Å². The highest BCUT2D eigenvalue weighted by molar-refractivity contribution is 4.74. The molecule has 0 fully saturated rings. The lowest BCUT2D eigenvalue weighted by Crippen LogP contribution is -1.82. The third kappa shape index (κ3) is 0.337. The van der Waals surface area contributed by atoms with Crippen molar-refractivity contribution in [2.75, 3.05) is 0 Å². The lowest BCUT2D eigenvalue weighted by Gasteiger charge is -1.68. The molecular formula is C3H3N2O. The van der Waals surface area contributed by atoms with Crippen molar-refractivity contribution in [1.29, 1.82) is 0 Å². The van der Waals surface area contributed by atoms with Crippen LogP contribution in [0.15, 0.2) is 18.5 Å². The molecule has 3 nitrogen and oxygen atoms in total. The summed E-state index contributed by atoms with van der Waals surface area (Å²) in [6.07, 6.45) is 2.77. The summed E-state index contributed by atoms with van der Waals surface area (Å²) in [5, 5.41) is 13.2. The van der Waals surface area contributed by atoms with Crippen molar-refractivity contribution in [3.05, 3.63) is 18.5 Å². The van der Waals surface area contributed by atoms with Crippen molar-refractivity contribution in [3.8, 4) is 0 Å². The smallest absolute Gasteiger partial charge is 0.0716 e. The van der Waals surface area contributed by atoms with E-state index in [0.717, 1.165) is 0 Å². The first kappa shape index (κ1) is 3.21. The van der Waals surface area contributed by atoms with Crippen LogP contribution in [-0.4, -0.2) is 9.94 Å². The molecule has 1 radical (unpaired) electrons. The first-order chi connectivity index (χ1) is 2.89. The highest BCUT2D eigenvalue weighted by atomic mass is 16.5. The lowest BCUT2D eigenvalue weighted by atomic mass is 10.8. The van der Waals surface area contributed by atoms with Crippen LogP contribution in [0.5, 0.6) is 0 Å². The molecule has 0 atom stereocenters. The fourth-order valence-electron chi connectivity index (χ4n) is 0.255. The van der Waals surface area contributed by atoms with Crippen molar-refractivity contribution < 1.29 is 5.21 Å². The van der Waals surface area contributed by atoms with Gasteiger partial charge in [0, 0.05) is 0 Å². The van der Waals surface area contributed by atoms with Gasteiger partial charge in [-0.15, -0.1) is 10.3 Å². The molecule has 1 heterocycles. The maximum absolute atomic E-state index is 9.88. The zero-order chi connectivity index (χ0) is 4.41. The molecule has 0 aliphatic heterocycles. The molecule has 0 amide bonds. The fraction of sp³-hybridized carbons (Fsp3) is 0. The second-order valence-corrected chi connectivity index (χ2v) is 0.909. The molecule has 0 aromatic carbocycles. The largest absolute Gasteiger partial charge is 0.147 e. The van der Waals surface area contributed by atoms with E-state index in [2.05, 4.69) is 5.10 Å². The molecule has 0 unspecified atom stereocenters.